The molecule has 104 valence electrons. The number of phenolic OH excluding ortho intramolecular Hbond substituents is 1. The minimum Gasteiger partial charge on any atom is -0.507 e. The van der Waals surface area contributed by atoms with Gasteiger partial charge in [-0.1, -0.05) is 12.1 Å². The number of nitrogens with one attached hydrogen (secondary N) is 1. The number of rotatable bonds is 3. The summed E-state index contributed by atoms with van der Waals surface area (Å²) in [6.45, 7) is 1.58. The van der Waals surface area contributed by atoms with E-state index in [1.54, 1.807) is 25.1 Å². The second-order valence-electron chi connectivity index (χ2n) is 3.82. The molecule has 0 atom stereocenters. The molecule has 9 nitrogen and oxygen atoms in total. The lowest BCUT2D eigenvalue weighted by Crippen LogP contribution is -2.36. The summed E-state index contributed by atoms with van der Waals surface area (Å²) in [5.41, 5.74) is 7.75. The zero-order chi connectivity index (χ0) is 14.7. The predicted octanol–water partition coefficient (Wildman–Crippen LogP) is -0.250. The van der Waals surface area contributed by atoms with Gasteiger partial charge >= 0.3 is 17.4 Å². The van der Waals surface area contributed by atoms with Crippen LogP contribution in [0.4, 0.5) is 5.82 Å². The predicted molar refractivity (Wildman–Crippen MR) is 67.7 cm³/mol. The molecule has 2 aromatic rings. The normalized spacial score (nSPS) is 11.3. The van der Waals surface area contributed by atoms with Gasteiger partial charge < -0.3 is 16.0 Å². The van der Waals surface area contributed by atoms with Crippen LogP contribution >= 0.6 is 0 Å². The minimum atomic E-state index is -0.867. The van der Waals surface area contributed by atoms with E-state index in [1.165, 1.54) is 6.07 Å². The van der Waals surface area contributed by atoms with Crippen LogP contribution in [0.25, 0.3) is 0 Å². The monoisotopic (exact) mass is 277 g/mol. The highest BCUT2D eigenvalue weighted by Gasteiger charge is 2.24. The Kier molecular flexibility index (Phi) is 3.51. The van der Waals surface area contributed by atoms with Crippen LogP contribution < -0.4 is 16.1 Å². The molecule has 0 spiro atoms. The van der Waals surface area contributed by atoms with Crippen molar-refractivity contribution in [1.29, 1.82) is 0 Å². The average Bonchev–Trinajstić information content (AvgIpc) is 2.76. The first-order valence-corrected chi connectivity index (χ1v) is 5.49. The van der Waals surface area contributed by atoms with E-state index in [1.807, 2.05) is 0 Å². The molecule has 2 rings (SSSR count). The first-order chi connectivity index (χ1) is 9.50. The SMILES string of the molecule is CC(=NNC(=O)c1c(N)no[n+]1[O-])c1ccccc1O. The summed E-state index contributed by atoms with van der Waals surface area (Å²) in [5.74, 6) is -1.19. The number of hydrogen-bond acceptors (Lipinski definition) is 7. The zero-order valence-corrected chi connectivity index (χ0v) is 10.4. The Morgan fingerprint density at radius 1 is 1.55 bits per heavy atom. The summed E-state index contributed by atoms with van der Waals surface area (Å²) >= 11 is 0. The molecular formula is C11H11N5O4. The van der Waals surface area contributed by atoms with Gasteiger partial charge in [-0.2, -0.15) is 5.10 Å². The van der Waals surface area contributed by atoms with Crippen molar-refractivity contribution in [2.24, 2.45) is 5.10 Å². The van der Waals surface area contributed by atoms with Gasteiger partial charge in [0, 0.05) is 5.56 Å². The molecule has 0 radical (unpaired) electrons. The van der Waals surface area contributed by atoms with E-state index in [9.17, 15) is 15.1 Å². The van der Waals surface area contributed by atoms with Gasteiger partial charge in [0.15, 0.2) is 0 Å². The van der Waals surface area contributed by atoms with Crippen LogP contribution in [0.1, 0.15) is 23.0 Å². The number of nitrogens with two attached hydrogens (primary N) is 1. The Bertz CT molecular complexity index is 660. The van der Waals surface area contributed by atoms with Gasteiger partial charge in [-0.25, -0.2) is 5.43 Å². The minimum absolute atomic E-state index is 0.0198. The number of anilines is 1. The van der Waals surface area contributed by atoms with Crippen molar-refractivity contribution in [3.8, 4) is 5.75 Å². The Balaban J connectivity index is 2.18. The number of aromatic nitrogens is 2. The van der Waals surface area contributed by atoms with Crippen LogP contribution in [0.2, 0.25) is 0 Å². The molecule has 1 amide bonds. The number of hydrazone groups is 1. The Morgan fingerprint density at radius 2 is 2.25 bits per heavy atom. The molecule has 0 aliphatic carbocycles. The zero-order valence-electron chi connectivity index (χ0n) is 10.4. The molecule has 0 fully saturated rings. The second kappa shape index (κ2) is 5.26. The van der Waals surface area contributed by atoms with Crippen LogP contribution in [0.3, 0.4) is 0 Å². The fourth-order valence-electron chi connectivity index (χ4n) is 1.49. The Labute approximate surface area is 112 Å². The van der Waals surface area contributed by atoms with Gasteiger partial charge in [-0.15, -0.1) is 0 Å². The van der Waals surface area contributed by atoms with E-state index in [2.05, 4.69) is 20.3 Å². The highest BCUT2D eigenvalue weighted by atomic mass is 16.8. The van der Waals surface area contributed by atoms with E-state index in [0.29, 0.717) is 11.3 Å². The van der Waals surface area contributed by atoms with Crippen LogP contribution in [0.5, 0.6) is 5.75 Å². The third-order valence-electron chi connectivity index (χ3n) is 2.47. The Hall–Kier alpha value is -3.10. The molecule has 0 unspecified atom stereocenters. The molecule has 20 heavy (non-hydrogen) atoms. The summed E-state index contributed by atoms with van der Waals surface area (Å²) in [4.78, 5) is 11.6. The molecule has 0 bridgehead atoms. The Morgan fingerprint density at radius 3 is 2.85 bits per heavy atom. The van der Waals surface area contributed by atoms with Crippen molar-refractivity contribution in [2.45, 2.75) is 6.92 Å². The van der Waals surface area contributed by atoms with Crippen LogP contribution in [-0.2, 0) is 0 Å². The molecule has 9 heteroatoms. The molecule has 4 N–H and O–H groups in total. The largest absolute Gasteiger partial charge is 0.507 e. The van der Waals surface area contributed by atoms with Crippen molar-refractivity contribution in [3.63, 3.8) is 0 Å². The number of carbonyl (C=O) groups is 1. The van der Waals surface area contributed by atoms with Crippen molar-refractivity contribution in [1.82, 2.24) is 10.6 Å². The van der Waals surface area contributed by atoms with Crippen LogP contribution in [0.15, 0.2) is 34.0 Å². The maximum atomic E-state index is 11.7. The molecule has 0 saturated heterocycles. The fourth-order valence-corrected chi connectivity index (χ4v) is 1.49. The number of para-hydroxylation sites is 1. The summed E-state index contributed by atoms with van der Waals surface area (Å²) in [6.07, 6.45) is 0. The van der Waals surface area contributed by atoms with Gasteiger partial charge in [-0.05, 0) is 24.0 Å². The van der Waals surface area contributed by atoms with Crippen molar-refractivity contribution in [2.75, 3.05) is 5.73 Å². The quantitative estimate of drug-likeness (QED) is 0.401. The number of amides is 1. The molecule has 1 heterocycles. The van der Waals surface area contributed by atoms with Crippen molar-refractivity contribution >= 4 is 17.4 Å². The lowest BCUT2D eigenvalue weighted by molar-refractivity contribution is -0.803. The topological polar surface area (TPSA) is 141 Å². The molecule has 0 aliphatic heterocycles. The highest BCUT2D eigenvalue weighted by molar-refractivity contribution is 6.02. The lowest BCUT2D eigenvalue weighted by atomic mass is 10.1. The maximum absolute atomic E-state index is 11.7. The number of aromatic hydroxyl groups is 1. The molecule has 1 aromatic heterocycles. The number of carbonyl (C=O) groups excluding carboxylic acids is 1. The number of benzene rings is 1. The lowest BCUT2D eigenvalue weighted by Gasteiger charge is -2.03. The summed E-state index contributed by atoms with van der Waals surface area (Å²) in [5, 5.41) is 27.6. The van der Waals surface area contributed by atoms with E-state index >= 15 is 0 Å². The van der Waals surface area contributed by atoms with Gasteiger partial charge in [0.05, 0.1) is 10.9 Å². The highest BCUT2D eigenvalue weighted by Crippen LogP contribution is 2.16. The fraction of sp³-hybridized carbons (Fsp3) is 0.0909. The summed E-state index contributed by atoms with van der Waals surface area (Å²) < 4.78 is 4.16. The van der Waals surface area contributed by atoms with Gasteiger partial charge in [0.1, 0.15) is 5.75 Å². The van der Waals surface area contributed by atoms with E-state index in [0.717, 1.165) is 0 Å². The maximum Gasteiger partial charge on any atom is 0.322 e. The first-order valence-electron chi connectivity index (χ1n) is 5.49. The second-order valence-corrected chi connectivity index (χ2v) is 3.82. The first kappa shape index (κ1) is 13.3. The third-order valence-corrected chi connectivity index (χ3v) is 2.47. The van der Waals surface area contributed by atoms with E-state index in [4.69, 9.17) is 5.73 Å². The molecule has 1 aromatic carbocycles. The van der Waals surface area contributed by atoms with Gasteiger partial charge in [0.25, 0.3) is 0 Å². The number of nitrogen functional groups attached to an aromatic ring is 1. The smallest absolute Gasteiger partial charge is 0.322 e. The van der Waals surface area contributed by atoms with Crippen LogP contribution in [-0.4, -0.2) is 21.9 Å². The molecule has 0 saturated carbocycles. The van der Waals surface area contributed by atoms with Gasteiger partial charge in [0.2, 0.25) is 0 Å². The summed E-state index contributed by atoms with van der Waals surface area (Å²) in [7, 11) is 0. The standard InChI is InChI=1S/C11H11N5O4/c1-6(7-4-2-3-5-8(7)17)13-14-11(18)9-10(12)15-20-16(9)19/h2-5,17H,1H3,(H2,12,15)(H,14,18). The average molecular weight is 277 g/mol. The van der Waals surface area contributed by atoms with Gasteiger partial charge in [-0.3, -0.25) is 9.42 Å². The number of nitrogens with zero attached hydrogens (tertiary/aromatic N) is 3. The van der Waals surface area contributed by atoms with E-state index < -0.39 is 11.6 Å². The molecular weight excluding hydrogens is 266 g/mol. The molecule has 0 aliphatic rings. The van der Waals surface area contributed by atoms with Crippen LogP contribution in [0, 0.1) is 5.21 Å². The van der Waals surface area contributed by atoms with Crippen molar-refractivity contribution in [3.05, 3.63) is 40.7 Å². The summed E-state index contributed by atoms with van der Waals surface area (Å²) in [6, 6.07) is 6.48. The number of phenols is 1. The third kappa shape index (κ3) is 2.51. The van der Waals surface area contributed by atoms with E-state index in [-0.39, 0.29) is 16.5 Å². The van der Waals surface area contributed by atoms with Crippen molar-refractivity contribution < 1.29 is 19.4 Å². The number of hydrogen-bond donors (Lipinski definition) is 3.